The number of rotatable bonds is 7. The molecule has 3 aromatic rings. The van der Waals surface area contributed by atoms with Gasteiger partial charge >= 0.3 is 0 Å². The largest absolute Gasteiger partial charge is 0.325 e. The molecule has 1 fully saturated rings. The minimum absolute atomic E-state index is 0.0303. The number of aromatic nitrogens is 2. The maximum atomic E-state index is 12.5. The third kappa shape index (κ3) is 5.30. The SMILES string of the molecule is NS(=O)(=O)c1ccc(NC(=O)CSc2nnc(N3C(=O)CSC3c3ccccc3)s2)cc1. The molecule has 1 unspecified atom stereocenters. The summed E-state index contributed by atoms with van der Waals surface area (Å²) in [7, 11) is -3.78. The third-order valence-electron chi connectivity index (χ3n) is 4.35. The molecule has 0 radical (unpaired) electrons. The third-order valence-corrected chi connectivity index (χ3v) is 8.55. The summed E-state index contributed by atoms with van der Waals surface area (Å²) in [6.07, 6.45) is 0. The fourth-order valence-corrected chi connectivity index (χ4v) is 6.33. The Morgan fingerprint density at radius 3 is 2.56 bits per heavy atom. The number of nitrogens with one attached hydrogen (secondary N) is 1. The van der Waals surface area contributed by atoms with Crippen molar-refractivity contribution >= 4 is 67.5 Å². The maximum absolute atomic E-state index is 12.5. The number of hydrogen-bond acceptors (Lipinski definition) is 9. The highest BCUT2D eigenvalue weighted by Crippen LogP contribution is 2.43. The summed E-state index contributed by atoms with van der Waals surface area (Å²) >= 11 is 4.00. The number of anilines is 2. The minimum Gasteiger partial charge on any atom is -0.325 e. The quantitative estimate of drug-likeness (QED) is 0.368. The molecule has 1 atom stereocenters. The second-order valence-electron chi connectivity index (χ2n) is 6.59. The van der Waals surface area contributed by atoms with Crippen molar-refractivity contribution in [2.75, 3.05) is 21.7 Å². The van der Waals surface area contributed by atoms with E-state index in [2.05, 4.69) is 15.5 Å². The molecule has 0 aliphatic carbocycles. The second-order valence-corrected chi connectivity index (χ2v) is 11.4. The number of carbonyl (C=O) groups is 2. The summed E-state index contributed by atoms with van der Waals surface area (Å²) in [6, 6.07) is 15.3. The molecule has 4 rings (SSSR count). The highest BCUT2D eigenvalue weighted by atomic mass is 32.2. The maximum Gasteiger partial charge on any atom is 0.240 e. The van der Waals surface area contributed by atoms with E-state index < -0.39 is 10.0 Å². The fourth-order valence-electron chi connectivity index (χ4n) is 2.91. The zero-order valence-electron chi connectivity index (χ0n) is 16.4. The minimum atomic E-state index is -3.78. The molecule has 0 bridgehead atoms. The monoisotopic (exact) mass is 507 g/mol. The van der Waals surface area contributed by atoms with Crippen molar-refractivity contribution in [3.63, 3.8) is 0 Å². The predicted octanol–water partition coefficient (Wildman–Crippen LogP) is 2.69. The van der Waals surface area contributed by atoms with Gasteiger partial charge in [-0.1, -0.05) is 53.4 Å². The highest BCUT2D eigenvalue weighted by molar-refractivity contribution is 8.01. The zero-order valence-corrected chi connectivity index (χ0v) is 19.6. The van der Waals surface area contributed by atoms with Crippen LogP contribution in [0.5, 0.6) is 0 Å². The first-order chi connectivity index (χ1) is 15.3. The molecule has 1 aliphatic rings. The Hall–Kier alpha value is -2.45. The van der Waals surface area contributed by atoms with E-state index in [4.69, 9.17) is 5.14 Å². The van der Waals surface area contributed by atoms with Crippen LogP contribution in [0.15, 0.2) is 63.8 Å². The van der Waals surface area contributed by atoms with Crippen LogP contribution in [-0.2, 0) is 19.6 Å². The van der Waals surface area contributed by atoms with Gasteiger partial charge in [0.05, 0.1) is 16.4 Å². The number of sulfonamides is 1. The Kier molecular flexibility index (Phi) is 6.81. The molecule has 166 valence electrons. The first-order valence-electron chi connectivity index (χ1n) is 9.19. The van der Waals surface area contributed by atoms with E-state index in [1.165, 1.54) is 59.1 Å². The van der Waals surface area contributed by atoms with Gasteiger partial charge in [-0.25, -0.2) is 13.6 Å². The van der Waals surface area contributed by atoms with E-state index in [0.717, 1.165) is 5.56 Å². The summed E-state index contributed by atoms with van der Waals surface area (Å²) in [5, 5.41) is 16.4. The summed E-state index contributed by atoms with van der Waals surface area (Å²) in [5.74, 6) is 0.132. The van der Waals surface area contributed by atoms with Crippen molar-refractivity contribution in [2.45, 2.75) is 14.6 Å². The van der Waals surface area contributed by atoms with Gasteiger partial charge < -0.3 is 5.32 Å². The van der Waals surface area contributed by atoms with Crippen molar-refractivity contribution in [3.8, 4) is 0 Å². The van der Waals surface area contributed by atoms with Crippen molar-refractivity contribution in [1.29, 1.82) is 0 Å². The van der Waals surface area contributed by atoms with Crippen LogP contribution in [0.3, 0.4) is 0 Å². The van der Waals surface area contributed by atoms with Crippen LogP contribution in [-0.4, -0.2) is 41.9 Å². The van der Waals surface area contributed by atoms with Gasteiger partial charge in [0.25, 0.3) is 0 Å². The van der Waals surface area contributed by atoms with Crippen LogP contribution in [0.1, 0.15) is 10.9 Å². The number of nitrogens with two attached hydrogens (primary N) is 1. The predicted molar refractivity (Wildman–Crippen MR) is 126 cm³/mol. The molecule has 0 spiro atoms. The van der Waals surface area contributed by atoms with E-state index >= 15 is 0 Å². The van der Waals surface area contributed by atoms with E-state index in [0.29, 0.717) is 20.9 Å². The molecule has 2 amide bonds. The molecule has 1 aromatic heterocycles. The van der Waals surface area contributed by atoms with Crippen molar-refractivity contribution in [2.24, 2.45) is 5.14 Å². The molecular formula is C19H17N5O4S4. The molecule has 9 nitrogen and oxygen atoms in total. The Morgan fingerprint density at radius 2 is 1.88 bits per heavy atom. The normalized spacial score (nSPS) is 16.3. The summed E-state index contributed by atoms with van der Waals surface area (Å²) in [4.78, 5) is 26.3. The summed E-state index contributed by atoms with van der Waals surface area (Å²) in [5.41, 5.74) is 1.46. The molecule has 13 heteroatoms. The van der Waals surface area contributed by atoms with Crippen molar-refractivity contribution in [3.05, 3.63) is 60.2 Å². The standard InChI is InChI=1S/C19H17N5O4S4/c20-32(27,28)14-8-6-13(7-9-14)21-15(25)10-30-19-23-22-18(31-19)24-16(26)11-29-17(24)12-4-2-1-3-5-12/h1-9,17H,10-11H2,(H,21,25)(H2,20,27,28). The van der Waals surface area contributed by atoms with Crippen LogP contribution in [0.25, 0.3) is 0 Å². The number of amides is 2. The topological polar surface area (TPSA) is 135 Å². The number of carbonyl (C=O) groups excluding carboxylic acids is 2. The lowest BCUT2D eigenvalue weighted by Crippen LogP contribution is -2.27. The molecule has 3 N–H and O–H groups in total. The van der Waals surface area contributed by atoms with E-state index in [9.17, 15) is 18.0 Å². The van der Waals surface area contributed by atoms with Crippen LogP contribution in [0, 0.1) is 0 Å². The fraction of sp³-hybridized carbons (Fsp3) is 0.158. The molecule has 32 heavy (non-hydrogen) atoms. The first-order valence-corrected chi connectivity index (χ1v) is 13.6. The van der Waals surface area contributed by atoms with E-state index in [1.807, 2.05) is 30.3 Å². The molecular weight excluding hydrogens is 491 g/mol. The number of nitrogens with zero attached hydrogens (tertiary/aromatic N) is 3. The van der Waals surface area contributed by atoms with E-state index in [1.54, 1.807) is 4.90 Å². The van der Waals surface area contributed by atoms with Gasteiger partial charge in [-0.3, -0.25) is 14.5 Å². The lowest BCUT2D eigenvalue weighted by molar-refractivity contribution is -0.116. The Labute approximate surface area is 196 Å². The van der Waals surface area contributed by atoms with Gasteiger partial charge in [0.2, 0.25) is 27.0 Å². The van der Waals surface area contributed by atoms with Gasteiger partial charge in [-0.2, -0.15) is 0 Å². The van der Waals surface area contributed by atoms with Gasteiger partial charge in [-0.15, -0.1) is 22.0 Å². The van der Waals surface area contributed by atoms with Crippen molar-refractivity contribution in [1.82, 2.24) is 10.2 Å². The molecule has 2 aromatic carbocycles. The number of hydrogen-bond donors (Lipinski definition) is 2. The molecule has 1 saturated heterocycles. The van der Waals surface area contributed by atoms with Gasteiger partial charge in [0.1, 0.15) is 5.37 Å². The van der Waals surface area contributed by atoms with E-state index in [-0.39, 0.29) is 27.8 Å². The second kappa shape index (κ2) is 9.58. The van der Waals surface area contributed by atoms with Gasteiger partial charge in [-0.05, 0) is 29.8 Å². The summed E-state index contributed by atoms with van der Waals surface area (Å²) < 4.78 is 23.2. The Morgan fingerprint density at radius 1 is 1.16 bits per heavy atom. The number of thioether (sulfide) groups is 2. The zero-order chi connectivity index (χ0) is 22.7. The van der Waals surface area contributed by atoms with Crippen LogP contribution < -0.4 is 15.4 Å². The Bertz CT molecular complexity index is 1230. The van der Waals surface area contributed by atoms with Crippen LogP contribution >= 0.6 is 34.9 Å². The molecule has 2 heterocycles. The number of benzene rings is 2. The molecule has 0 saturated carbocycles. The molecule has 1 aliphatic heterocycles. The average molecular weight is 508 g/mol. The average Bonchev–Trinajstić information content (AvgIpc) is 3.39. The lowest BCUT2D eigenvalue weighted by Gasteiger charge is -2.20. The van der Waals surface area contributed by atoms with Gasteiger partial charge in [0.15, 0.2) is 4.34 Å². The van der Waals surface area contributed by atoms with Crippen LogP contribution in [0.4, 0.5) is 10.8 Å². The summed E-state index contributed by atoms with van der Waals surface area (Å²) in [6.45, 7) is 0. The Balaban J connectivity index is 1.37. The smallest absolute Gasteiger partial charge is 0.240 e. The number of primary sulfonamides is 1. The lowest BCUT2D eigenvalue weighted by atomic mass is 10.2. The van der Waals surface area contributed by atoms with Crippen molar-refractivity contribution < 1.29 is 18.0 Å². The van der Waals surface area contributed by atoms with Crippen LogP contribution in [0.2, 0.25) is 0 Å². The first kappa shape index (κ1) is 22.7. The van der Waals surface area contributed by atoms with Gasteiger partial charge in [0, 0.05) is 5.69 Å². The highest BCUT2D eigenvalue weighted by Gasteiger charge is 2.36.